The first-order valence-electron chi connectivity index (χ1n) is 7.97. The minimum Gasteiger partial charge on any atom is -0.497 e. The van der Waals surface area contributed by atoms with Gasteiger partial charge in [0.1, 0.15) is 11.4 Å². The maximum atomic E-state index is 12.5. The summed E-state index contributed by atoms with van der Waals surface area (Å²) in [6, 6.07) is 17.5. The third kappa shape index (κ3) is 4.62. The van der Waals surface area contributed by atoms with Gasteiger partial charge in [0.2, 0.25) is 0 Å². The maximum Gasteiger partial charge on any atom is 0.274 e. The molecule has 8 heteroatoms. The minimum atomic E-state index is -3.77. The molecule has 0 spiro atoms. The van der Waals surface area contributed by atoms with Crippen LogP contribution in [0.1, 0.15) is 10.5 Å². The van der Waals surface area contributed by atoms with Gasteiger partial charge in [0.05, 0.1) is 17.7 Å². The van der Waals surface area contributed by atoms with Gasteiger partial charge in [0.25, 0.3) is 15.9 Å². The van der Waals surface area contributed by atoms with E-state index in [0.29, 0.717) is 17.1 Å². The van der Waals surface area contributed by atoms with E-state index in [-0.39, 0.29) is 16.5 Å². The normalized spacial score (nSPS) is 10.9. The number of pyridine rings is 1. The van der Waals surface area contributed by atoms with Gasteiger partial charge in [-0.25, -0.2) is 8.42 Å². The summed E-state index contributed by atoms with van der Waals surface area (Å²) in [5.41, 5.74) is 1.13. The molecule has 1 aromatic heterocycles. The smallest absolute Gasteiger partial charge is 0.274 e. The number of rotatable bonds is 6. The molecular weight excluding hydrogens is 366 g/mol. The Morgan fingerprint density at radius 2 is 1.74 bits per heavy atom. The SMILES string of the molecule is COc1cccc(NS(=O)(=O)c2ccc(NC(=O)c3ccccn3)cc2)c1. The van der Waals surface area contributed by atoms with E-state index in [1.54, 1.807) is 42.5 Å². The average molecular weight is 383 g/mol. The van der Waals surface area contributed by atoms with Crippen LogP contribution in [0.15, 0.2) is 77.8 Å². The van der Waals surface area contributed by atoms with Gasteiger partial charge in [0.15, 0.2) is 0 Å². The zero-order valence-electron chi connectivity index (χ0n) is 14.4. The second-order valence-electron chi connectivity index (χ2n) is 5.53. The Morgan fingerprint density at radius 1 is 0.963 bits per heavy atom. The van der Waals surface area contributed by atoms with Crippen LogP contribution in [0.5, 0.6) is 5.75 Å². The molecule has 0 atom stereocenters. The third-order valence-electron chi connectivity index (χ3n) is 3.64. The molecule has 0 aliphatic rings. The predicted molar refractivity (Wildman–Crippen MR) is 102 cm³/mol. The number of anilines is 2. The van der Waals surface area contributed by atoms with Crippen molar-refractivity contribution >= 4 is 27.3 Å². The Bertz CT molecular complexity index is 1040. The molecule has 1 heterocycles. The number of methoxy groups -OCH3 is 1. The zero-order valence-corrected chi connectivity index (χ0v) is 15.2. The van der Waals surface area contributed by atoms with Gasteiger partial charge in [-0.15, -0.1) is 0 Å². The van der Waals surface area contributed by atoms with E-state index in [4.69, 9.17) is 4.74 Å². The molecule has 0 bridgehead atoms. The Labute approximate surface area is 157 Å². The topological polar surface area (TPSA) is 97.4 Å². The van der Waals surface area contributed by atoms with Crippen molar-refractivity contribution < 1.29 is 17.9 Å². The average Bonchev–Trinajstić information content (AvgIpc) is 2.69. The van der Waals surface area contributed by atoms with Crippen LogP contribution in [0, 0.1) is 0 Å². The van der Waals surface area contributed by atoms with Crippen LogP contribution in [-0.2, 0) is 10.0 Å². The van der Waals surface area contributed by atoms with Gasteiger partial charge in [0, 0.05) is 18.0 Å². The molecule has 0 aliphatic heterocycles. The van der Waals surface area contributed by atoms with Crippen molar-refractivity contribution in [2.45, 2.75) is 4.90 Å². The van der Waals surface area contributed by atoms with Crippen LogP contribution in [0.4, 0.5) is 11.4 Å². The number of carbonyl (C=O) groups excluding carboxylic acids is 1. The first kappa shape index (κ1) is 18.4. The van der Waals surface area contributed by atoms with Crippen molar-refractivity contribution in [1.29, 1.82) is 0 Å². The molecular formula is C19H17N3O4S. The van der Waals surface area contributed by atoms with Crippen LogP contribution in [0.25, 0.3) is 0 Å². The summed E-state index contributed by atoms with van der Waals surface area (Å²) >= 11 is 0. The van der Waals surface area contributed by atoms with Gasteiger partial charge < -0.3 is 10.1 Å². The van der Waals surface area contributed by atoms with Crippen LogP contribution < -0.4 is 14.8 Å². The molecule has 3 rings (SSSR count). The number of sulfonamides is 1. The summed E-state index contributed by atoms with van der Waals surface area (Å²) in [6.45, 7) is 0. The van der Waals surface area contributed by atoms with Gasteiger partial charge >= 0.3 is 0 Å². The van der Waals surface area contributed by atoms with E-state index in [0.717, 1.165) is 0 Å². The number of carbonyl (C=O) groups is 1. The number of hydrogen-bond donors (Lipinski definition) is 2. The molecule has 0 saturated heterocycles. The van der Waals surface area contributed by atoms with E-state index in [1.807, 2.05) is 0 Å². The lowest BCUT2D eigenvalue weighted by Gasteiger charge is -2.10. The van der Waals surface area contributed by atoms with E-state index in [2.05, 4.69) is 15.0 Å². The van der Waals surface area contributed by atoms with Crippen molar-refractivity contribution in [3.63, 3.8) is 0 Å². The molecule has 0 aliphatic carbocycles. The van der Waals surface area contributed by atoms with Crippen LogP contribution in [0.3, 0.4) is 0 Å². The Morgan fingerprint density at radius 3 is 2.41 bits per heavy atom. The molecule has 2 N–H and O–H groups in total. The number of aromatic nitrogens is 1. The highest BCUT2D eigenvalue weighted by atomic mass is 32.2. The number of nitrogens with zero attached hydrogens (tertiary/aromatic N) is 1. The summed E-state index contributed by atoms with van der Waals surface area (Å²) in [5.74, 6) is 0.170. The van der Waals surface area contributed by atoms with Crippen molar-refractivity contribution in [3.8, 4) is 5.75 Å². The van der Waals surface area contributed by atoms with Crippen molar-refractivity contribution in [3.05, 3.63) is 78.6 Å². The van der Waals surface area contributed by atoms with Gasteiger partial charge in [-0.05, 0) is 48.5 Å². The summed E-state index contributed by atoms with van der Waals surface area (Å²) in [7, 11) is -2.26. The Hall–Kier alpha value is -3.39. The fourth-order valence-electron chi connectivity index (χ4n) is 2.31. The largest absolute Gasteiger partial charge is 0.497 e. The first-order valence-corrected chi connectivity index (χ1v) is 9.45. The second kappa shape index (κ2) is 7.88. The monoisotopic (exact) mass is 383 g/mol. The summed E-state index contributed by atoms with van der Waals surface area (Å²) in [6.07, 6.45) is 1.52. The van der Waals surface area contributed by atoms with E-state index < -0.39 is 10.0 Å². The van der Waals surface area contributed by atoms with Gasteiger partial charge in [-0.1, -0.05) is 12.1 Å². The molecule has 0 fully saturated rings. The molecule has 3 aromatic rings. The molecule has 0 saturated carbocycles. The minimum absolute atomic E-state index is 0.0705. The van der Waals surface area contributed by atoms with Crippen LogP contribution in [-0.4, -0.2) is 26.4 Å². The van der Waals surface area contributed by atoms with Gasteiger partial charge in [-0.2, -0.15) is 0 Å². The number of ether oxygens (including phenoxy) is 1. The molecule has 138 valence electrons. The second-order valence-corrected chi connectivity index (χ2v) is 7.21. The molecule has 0 radical (unpaired) electrons. The number of amides is 1. The highest BCUT2D eigenvalue weighted by Gasteiger charge is 2.15. The quantitative estimate of drug-likeness (QED) is 0.681. The van der Waals surface area contributed by atoms with E-state index in [9.17, 15) is 13.2 Å². The summed E-state index contributed by atoms with van der Waals surface area (Å²) in [5, 5.41) is 2.67. The van der Waals surface area contributed by atoms with Crippen molar-refractivity contribution in [2.75, 3.05) is 17.1 Å². The highest BCUT2D eigenvalue weighted by Crippen LogP contribution is 2.21. The maximum absolute atomic E-state index is 12.5. The lowest BCUT2D eigenvalue weighted by atomic mass is 10.3. The lowest BCUT2D eigenvalue weighted by molar-refractivity contribution is 0.102. The van der Waals surface area contributed by atoms with Crippen molar-refractivity contribution in [2.24, 2.45) is 0 Å². The molecule has 27 heavy (non-hydrogen) atoms. The summed E-state index contributed by atoms with van der Waals surface area (Å²) in [4.78, 5) is 16.1. The van der Waals surface area contributed by atoms with E-state index in [1.165, 1.54) is 37.6 Å². The number of hydrogen-bond acceptors (Lipinski definition) is 5. The molecule has 2 aromatic carbocycles. The third-order valence-corrected chi connectivity index (χ3v) is 5.04. The molecule has 0 unspecified atom stereocenters. The first-order chi connectivity index (χ1) is 13.0. The number of nitrogens with one attached hydrogen (secondary N) is 2. The standard InChI is InChI=1S/C19H17N3O4S/c1-26-16-6-4-5-15(13-16)22-27(24,25)17-10-8-14(9-11-17)21-19(23)18-7-2-3-12-20-18/h2-13,22H,1H3,(H,21,23). The summed E-state index contributed by atoms with van der Waals surface area (Å²) < 4.78 is 32.6. The fourth-order valence-corrected chi connectivity index (χ4v) is 3.36. The Balaban J connectivity index is 1.73. The zero-order chi connectivity index (χ0) is 19.3. The van der Waals surface area contributed by atoms with Crippen molar-refractivity contribution in [1.82, 2.24) is 4.98 Å². The fraction of sp³-hybridized carbons (Fsp3) is 0.0526. The molecule has 7 nitrogen and oxygen atoms in total. The van der Waals surface area contributed by atoms with Crippen LogP contribution in [0.2, 0.25) is 0 Å². The molecule has 1 amide bonds. The van der Waals surface area contributed by atoms with E-state index >= 15 is 0 Å². The highest BCUT2D eigenvalue weighted by molar-refractivity contribution is 7.92. The Kier molecular flexibility index (Phi) is 5.37. The number of benzene rings is 2. The lowest BCUT2D eigenvalue weighted by Crippen LogP contribution is -2.15. The van der Waals surface area contributed by atoms with Gasteiger partial charge in [-0.3, -0.25) is 14.5 Å². The predicted octanol–water partition coefficient (Wildman–Crippen LogP) is 3.14. The van der Waals surface area contributed by atoms with Crippen LogP contribution >= 0.6 is 0 Å².